The molecule has 1 aliphatic rings. The molecule has 0 aliphatic heterocycles. The van der Waals surface area contributed by atoms with Crippen LogP contribution in [0.2, 0.25) is 0 Å². The van der Waals surface area contributed by atoms with Crippen LogP contribution >= 0.6 is 27.3 Å². The molecule has 4 rings (SSSR count). The van der Waals surface area contributed by atoms with Crippen LogP contribution in [0.15, 0.2) is 68.8 Å². The number of nitrogen functional groups attached to an aromatic ring is 1. The fourth-order valence-corrected chi connectivity index (χ4v) is 4.01. The smallest absolute Gasteiger partial charge is 0.283 e. The maximum absolute atomic E-state index is 12.5. The fourth-order valence-electron chi connectivity index (χ4n) is 2.73. The number of aromatic nitrogens is 2. The summed E-state index contributed by atoms with van der Waals surface area (Å²) in [7, 11) is 0. The largest absolute Gasteiger partial charge is 0.384 e. The molecule has 3 aromatic rings. The van der Waals surface area contributed by atoms with Gasteiger partial charge in [-0.1, -0.05) is 46.3 Å². The number of nitrogens with two attached hydrogens (primary N) is 1. The molecule has 0 saturated carbocycles. The normalized spacial score (nSPS) is 15.7. The van der Waals surface area contributed by atoms with Gasteiger partial charge in [0.1, 0.15) is 5.82 Å². The summed E-state index contributed by atoms with van der Waals surface area (Å²) in [5, 5.41) is 1.91. The maximum atomic E-state index is 12.5. The number of carbonyl (C=O) groups is 1. The highest BCUT2D eigenvalue weighted by atomic mass is 79.9. The number of carbonyl (C=O) groups excluding carboxylic acids is 1. The van der Waals surface area contributed by atoms with Gasteiger partial charge >= 0.3 is 0 Å². The Morgan fingerprint density at radius 3 is 2.69 bits per heavy atom. The van der Waals surface area contributed by atoms with Crippen LogP contribution in [0, 0.1) is 0 Å². The quantitative estimate of drug-likeness (QED) is 0.633. The van der Waals surface area contributed by atoms with Gasteiger partial charge in [0, 0.05) is 15.4 Å². The molecule has 0 spiro atoms. The first kappa shape index (κ1) is 16.7. The van der Waals surface area contributed by atoms with E-state index in [0.29, 0.717) is 10.5 Å². The third kappa shape index (κ3) is 2.85. The molecule has 1 aromatic carbocycles. The highest BCUT2D eigenvalue weighted by molar-refractivity contribution is 9.11. The van der Waals surface area contributed by atoms with Gasteiger partial charge in [0.25, 0.3) is 5.56 Å². The van der Waals surface area contributed by atoms with Crippen molar-refractivity contribution in [3.05, 3.63) is 79.9 Å². The van der Waals surface area contributed by atoms with Gasteiger partial charge in [-0.15, -0.1) is 11.3 Å². The fraction of sp³-hybridized carbons (Fsp3) is 0. The molecule has 0 radical (unpaired) electrons. The van der Waals surface area contributed by atoms with Crippen molar-refractivity contribution in [2.45, 2.75) is 0 Å². The third-order valence-corrected chi connectivity index (χ3v) is 5.31. The van der Waals surface area contributed by atoms with E-state index in [1.807, 2.05) is 35.7 Å². The van der Waals surface area contributed by atoms with Crippen molar-refractivity contribution < 1.29 is 4.79 Å². The third-order valence-electron chi connectivity index (χ3n) is 3.99. The molecular formula is C19H12BrN3O2S. The molecule has 7 heteroatoms. The summed E-state index contributed by atoms with van der Waals surface area (Å²) >= 11 is 4.68. The Bertz CT molecular complexity index is 1190. The standard InChI is InChI=1S/C19H12BrN3O2S/c20-13-6-7-16(24)12(8-13)9-14-17(21)23-15(11-4-2-1-3-5-11)10-26-19(23)22-18(14)25/h1-10H,21H2. The molecule has 0 unspecified atom stereocenters. The number of fused-ring (bicyclic) bond motifs is 1. The van der Waals surface area contributed by atoms with Crippen LogP contribution in [0.3, 0.4) is 0 Å². The number of benzene rings is 1. The Labute approximate surface area is 160 Å². The van der Waals surface area contributed by atoms with Crippen LogP contribution in [0.5, 0.6) is 0 Å². The van der Waals surface area contributed by atoms with E-state index in [1.54, 1.807) is 16.6 Å². The van der Waals surface area contributed by atoms with E-state index in [2.05, 4.69) is 20.9 Å². The molecule has 26 heavy (non-hydrogen) atoms. The second kappa shape index (κ2) is 6.51. The molecular weight excluding hydrogens is 414 g/mol. The topological polar surface area (TPSA) is 77.5 Å². The van der Waals surface area contributed by atoms with Crippen molar-refractivity contribution in [2.24, 2.45) is 0 Å². The highest BCUT2D eigenvalue weighted by Gasteiger charge is 2.17. The summed E-state index contributed by atoms with van der Waals surface area (Å²) in [5.74, 6) is 0.0742. The van der Waals surface area contributed by atoms with E-state index in [9.17, 15) is 9.59 Å². The van der Waals surface area contributed by atoms with Crippen LogP contribution in [0.1, 0.15) is 5.56 Å². The van der Waals surface area contributed by atoms with E-state index in [-0.39, 0.29) is 17.2 Å². The van der Waals surface area contributed by atoms with Crippen LogP contribution in [0.25, 0.3) is 22.3 Å². The molecule has 2 heterocycles. The Morgan fingerprint density at radius 2 is 1.92 bits per heavy atom. The predicted molar refractivity (Wildman–Crippen MR) is 108 cm³/mol. The minimum absolute atomic E-state index is 0.189. The second-order valence-corrected chi connectivity index (χ2v) is 7.40. The van der Waals surface area contributed by atoms with Gasteiger partial charge in [-0.05, 0) is 29.9 Å². The number of allylic oxidation sites excluding steroid dienone is 5. The van der Waals surface area contributed by atoms with Gasteiger partial charge in [0.15, 0.2) is 10.7 Å². The summed E-state index contributed by atoms with van der Waals surface area (Å²) in [6.07, 6.45) is 6.25. The Hall–Kier alpha value is -2.77. The summed E-state index contributed by atoms with van der Waals surface area (Å²) in [5.41, 5.74) is 8.26. The maximum Gasteiger partial charge on any atom is 0.283 e. The molecule has 0 saturated heterocycles. The van der Waals surface area contributed by atoms with Crippen molar-refractivity contribution in [3.63, 3.8) is 0 Å². The second-order valence-electron chi connectivity index (χ2n) is 5.65. The zero-order chi connectivity index (χ0) is 18.3. The number of hydrogen-bond acceptors (Lipinski definition) is 5. The van der Waals surface area contributed by atoms with Gasteiger partial charge in [0.2, 0.25) is 0 Å². The highest BCUT2D eigenvalue weighted by Crippen LogP contribution is 2.29. The van der Waals surface area contributed by atoms with Gasteiger partial charge in [-0.3, -0.25) is 14.0 Å². The van der Waals surface area contributed by atoms with Crippen molar-refractivity contribution in [3.8, 4) is 11.3 Å². The number of nitrogens with zero attached hydrogens (tertiary/aromatic N) is 2. The van der Waals surface area contributed by atoms with Gasteiger partial charge in [0.05, 0.1) is 11.3 Å². The molecule has 0 amide bonds. The Balaban J connectivity index is 1.96. The summed E-state index contributed by atoms with van der Waals surface area (Å²) in [6.45, 7) is 0. The van der Waals surface area contributed by atoms with E-state index in [4.69, 9.17) is 5.73 Å². The predicted octanol–water partition coefficient (Wildman–Crippen LogP) is 3.81. The van der Waals surface area contributed by atoms with Gasteiger partial charge < -0.3 is 5.73 Å². The lowest BCUT2D eigenvalue weighted by molar-refractivity contribution is -0.111. The average Bonchev–Trinajstić information content (AvgIpc) is 3.06. The number of hydrogen-bond donors (Lipinski definition) is 1. The van der Waals surface area contributed by atoms with E-state index in [0.717, 1.165) is 15.7 Å². The lowest BCUT2D eigenvalue weighted by Crippen LogP contribution is -2.17. The summed E-state index contributed by atoms with van der Waals surface area (Å²) < 4.78 is 2.49. The minimum atomic E-state index is -0.455. The molecule has 1 aliphatic carbocycles. The van der Waals surface area contributed by atoms with E-state index < -0.39 is 5.56 Å². The lowest BCUT2D eigenvalue weighted by atomic mass is 10.0. The number of thiazole rings is 1. The number of ketones is 1. The van der Waals surface area contributed by atoms with Gasteiger partial charge in [-0.25, -0.2) is 0 Å². The molecule has 5 nitrogen and oxygen atoms in total. The average molecular weight is 426 g/mol. The summed E-state index contributed by atoms with van der Waals surface area (Å²) in [4.78, 5) is 29.2. The number of anilines is 1. The summed E-state index contributed by atoms with van der Waals surface area (Å²) in [6, 6.07) is 9.73. The number of halogens is 1. The molecule has 2 N–H and O–H groups in total. The van der Waals surface area contributed by atoms with Crippen LogP contribution in [-0.4, -0.2) is 15.2 Å². The molecule has 0 atom stereocenters. The van der Waals surface area contributed by atoms with E-state index >= 15 is 0 Å². The van der Waals surface area contributed by atoms with Gasteiger partial charge in [-0.2, -0.15) is 4.98 Å². The van der Waals surface area contributed by atoms with Crippen LogP contribution in [-0.2, 0) is 4.79 Å². The molecule has 2 aromatic heterocycles. The first-order valence-electron chi connectivity index (χ1n) is 7.71. The van der Waals surface area contributed by atoms with Crippen LogP contribution < -0.4 is 11.3 Å². The molecule has 0 fully saturated rings. The lowest BCUT2D eigenvalue weighted by Gasteiger charge is -2.09. The first-order chi connectivity index (χ1) is 12.5. The van der Waals surface area contributed by atoms with Crippen molar-refractivity contribution >= 4 is 49.9 Å². The van der Waals surface area contributed by atoms with Crippen molar-refractivity contribution in [1.82, 2.24) is 9.38 Å². The van der Waals surface area contributed by atoms with Crippen molar-refractivity contribution in [2.75, 3.05) is 5.73 Å². The number of rotatable bonds is 2. The minimum Gasteiger partial charge on any atom is -0.384 e. The Morgan fingerprint density at radius 1 is 1.15 bits per heavy atom. The molecule has 0 bridgehead atoms. The molecule has 128 valence electrons. The SMILES string of the molecule is Nc1c(C=C2C=C(Br)C=CC2=O)c(=O)nc2scc(-c3ccccc3)n12. The van der Waals surface area contributed by atoms with Crippen molar-refractivity contribution in [1.29, 1.82) is 0 Å². The zero-order valence-corrected chi connectivity index (χ0v) is 15.8. The zero-order valence-electron chi connectivity index (χ0n) is 13.3. The van der Waals surface area contributed by atoms with E-state index in [1.165, 1.54) is 23.5 Å². The monoisotopic (exact) mass is 425 g/mol. The Kier molecular flexibility index (Phi) is 4.18. The van der Waals surface area contributed by atoms with Crippen LogP contribution in [0.4, 0.5) is 5.82 Å². The first-order valence-corrected chi connectivity index (χ1v) is 9.38.